The zero-order chi connectivity index (χ0) is 13.9. The number of halogens is 1. The SMILES string of the molecule is Cc1cc(Cl)cc(C(=O)N(CC(N)=S)C(C)C)c1. The number of thiocarbonyl (C=S) groups is 1. The second kappa shape index (κ2) is 6.16. The molecule has 0 bridgehead atoms. The van der Waals surface area contributed by atoms with Crippen molar-refractivity contribution in [3.8, 4) is 0 Å². The van der Waals surface area contributed by atoms with E-state index in [9.17, 15) is 4.79 Å². The van der Waals surface area contributed by atoms with Crippen molar-refractivity contribution in [1.29, 1.82) is 0 Å². The minimum absolute atomic E-state index is 0.0262. The molecule has 2 N–H and O–H groups in total. The maximum atomic E-state index is 12.4. The van der Waals surface area contributed by atoms with E-state index in [1.807, 2.05) is 32.9 Å². The van der Waals surface area contributed by atoms with Gasteiger partial charge in [-0.05, 0) is 44.5 Å². The Labute approximate surface area is 118 Å². The Hall–Kier alpha value is -1.13. The normalized spacial score (nSPS) is 10.5. The Morgan fingerprint density at radius 1 is 1.44 bits per heavy atom. The van der Waals surface area contributed by atoms with Gasteiger partial charge in [-0.1, -0.05) is 23.8 Å². The van der Waals surface area contributed by atoms with E-state index >= 15 is 0 Å². The van der Waals surface area contributed by atoms with Gasteiger partial charge in [-0.3, -0.25) is 4.79 Å². The molecule has 0 fully saturated rings. The van der Waals surface area contributed by atoms with E-state index in [1.165, 1.54) is 0 Å². The van der Waals surface area contributed by atoms with Crippen molar-refractivity contribution in [1.82, 2.24) is 4.90 Å². The predicted molar refractivity (Wildman–Crippen MR) is 79.1 cm³/mol. The van der Waals surface area contributed by atoms with Gasteiger partial charge in [-0.15, -0.1) is 0 Å². The summed E-state index contributed by atoms with van der Waals surface area (Å²) in [6.45, 7) is 6.02. The van der Waals surface area contributed by atoms with Gasteiger partial charge in [0.25, 0.3) is 5.91 Å². The maximum Gasteiger partial charge on any atom is 0.254 e. The molecule has 0 saturated heterocycles. The second-order valence-electron chi connectivity index (χ2n) is 4.51. The van der Waals surface area contributed by atoms with E-state index in [-0.39, 0.29) is 18.5 Å². The molecule has 0 aromatic heterocycles. The third-order valence-corrected chi connectivity index (χ3v) is 2.85. The van der Waals surface area contributed by atoms with E-state index in [0.717, 1.165) is 5.56 Å². The number of carbonyl (C=O) groups is 1. The third-order valence-electron chi connectivity index (χ3n) is 2.50. The molecule has 1 aromatic rings. The van der Waals surface area contributed by atoms with Gasteiger partial charge in [0.15, 0.2) is 0 Å². The highest BCUT2D eigenvalue weighted by atomic mass is 35.5. The van der Waals surface area contributed by atoms with Crippen LogP contribution < -0.4 is 5.73 Å². The smallest absolute Gasteiger partial charge is 0.254 e. The van der Waals surface area contributed by atoms with E-state index < -0.39 is 0 Å². The summed E-state index contributed by atoms with van der Waals surface area (Å²) in [5.41, 5.74) is 7.03. The molecular formula is C13H17ClN2OS. The molecule has 0 aliphatic carbocycles. The first-order valence-corrected chi connectivity index (χ1v) is 6.46. The predicted octanol–water partition coefficient (Wildman–Crippen LogP) is 2.79. The van der Waals surface area contributed by atoms with Crippen molar-refractivity contribution in [2.24, 2.45) is 5.73 Å². The summed E-state index contributed by atoms with van der Waals surface area (Å²) in [6.07, 6.45) is 0. The monoisotopic (exact) mass is 284 g/mol. The van der Waals surface area contributed by atoms with Crippen molar-refractivity contribution < 1.29 is 4.79 Å². The van der Waals surface area contributed by atoms with Crippen LogP contribution in [-0.2, 0) is 0 Å². The quantitative estimate of drug-likeness (QED) is 0.865. The van der Waals surface area contributed by atoms with Crippen LogP contribution in [0.1, 0.15) is 29.8 Å². The second-order valence-corrected chi connectivity index (χ2v) is 5.47. The number of carbonyl (C=O) groups excluding carboxylic acids is 1. The summed E-state index contributed by atoms with van der Waals surface area (Å²) in [4.78, 5) is 14.3. The number of rotatable bonds is 4. The molecule has 98 valence electrons. The summed E-state index contributed by atoms with van der Waals surface area (Å²) in [5.74, 6) is -0.108. The molecular weight excluding hydrogens is 268 g/mol. The van der Waals surface area contributed by atoms with E-state index in [2.05, 4.69) is 0 Å². The molecule has 0 aliphatic rings. The average molecular weight is 285 g/mol. The van der Waals surface area contributed by atoms with Gasteiger partial charge in [0, 0.05) is 16.6 Å². The molecule has 0 heterocycles. The fourth-order valence-electron chi connectivity index (χ4n) is 1.68. The van der Waals surface area contributed by atoms with E-state index in [4.69, 9.17) is 29.6 Å². The fourth-order valence-corrected chi connectivity index (χ4v) is 2.11. The topological polar surface area (TPSA) is 46.3 Å². The van der Waals surface area contributed by atoms with Gasteiger partial charge >= 0.3 is 0 Å². The zero-order valence-electron chi connectivity index (χ0n) is 10.7. The van der Waals surface area contributed by atoms with Crippen molar-refractivity contribution in [2.45, 2.75) is 26.8 Å². The Morgan fingerprint density at radius 3 is 2.50 bits per heavy atom. The molecule has 1 rings (SSSR count). The molecule has 1 aromatic carbocycles. The minimum atomic E-state index is -0.108. The van der Waals surface area contributed by atoms with Gasteiger partial charge in [-0.25, -0.2) is 0 Å². The number of hydrogen-bond acceptors (Lipinski definition) is 2. The summed E-state index contributed by atoms with van der Waals surface area (Å²) in [5, 5.41) is 0.553. The molecule has 1 amide bonds. The molecule has 3 nitrogen and oxygen atoms in total. The first-order valence-electron chi connectivity index (χ1n) is 5.67. The Morgan fingerprint density at radius 2 is 2.06 bits per heavy atom. The number of aryl methyl sites for hydroxylation is 1. The Kier molecular flexibility index (Phi) is 5.11. The lowest BCUT2D eigenvalue weighted by atomic mass is 10.1. The minimum Gasteiger partial charge on any atom is -0.392 e. The van der Waals surface area contributed by atoms with Crippen molar-refractivity contribution >= 4 is 34.7 Å². The average Bonchev–Trinajstić information content (AvgIpc) is 2.23. The number of benzene rings is 1. The first-order chi connectivity index (χ1) is 8.31. The van der Waals surface area contributed by atoms with Gasteiger partial charge < -0.3 is 10.6 Å². The number of hydrogen-bond donors (Lipinski definition) is 1. The van der Waals surface area contributed by atoms with Crippen molar-refractivity contribution in [3.63, 3.8) is 0 Å². The molecule has 0 unspecified atom stereocenters. The van der Waals surface area contributed by atoms with Crippen molar-refractivity contribution in [3.05, 3.63) is 34.3 Å². The highest BCUT2D eigenvalue weighted by Gasteiger charge is 2.19. The number of nitrogens with two attached hydrogens (primary N) is 1. The maximum absolute atomic E-state index is 12.4. The molecule has 5 heteroatoms. The summed E-state index contributed by atoms with van der Waals surface area (Å²) < 4.78 is 0. The molecule has 0 saturated carbocycles. The lowest BCUT2D eigenvalue weighted by molar-refractivity contribution is 0.0736. The molecule has 18 heavy (non-hydrogen) atoms. The van der Waals surface area contributed by atoms with E-state index in [1.54, 1.807) is 11.0 Å². The van der Waals surface area contributed by atoms with Crippen LogP contribution >= 0.6 is 23.8 Å². The summed E-state index contributed by atoms with van der Waals surface area (Å²) in [6, 6.07) is 5.30. The van der Waals surface area contributed by atoms with Gasteiger partial charge in [0.05, 0.1) is 11.5 Å². The first kappa shape index (κ1) is 14.9. The van der Waals surface area contributed by atoms with Crippen LogP contribution in [0.4, 0.5) is 0 Å². The Balaban J connectivity index is 3.05. The summed E-state index contributed by atoms with van der Waals surface area (Å²) in [7, 11) is 0. The van der Waals surface area contributed by atoms with Crippen molar-refractivity contribution in [2.75, 3.05) is 6.54 Å². The van der Waals surface area contributed by atoms with Crippen LogP contribution in [-0.4, -0.2) is 28.4 Å². The number of nitrogens with zero attached hydrogens (tertiary/aromatic N) is 1. The highest BCUT2D eigenvalue weighted by molar-refractivity contribution is 7.80. The Bertz CT molecular complexity index is 454. The number of amides is 1. The van der Waals surface area contributed by atoms with Crippen LogP contribution in [0, 0.1) is 6.92 Å². The molecule has 0 spiro atoms. The molecule has 0 aliphatic heterocycles. The van der Waals surface area contributed by atoms with Gasteiger partial charge in [-0.2, -0.15) is 0 Å². The van der Waals surface area contributed by atoms with Crippen LogP contribution in [0.3, 0.4) is 0 Å². The summed E-state index contributed by atoms with van der Waals surface area (Å²) >= 11 is 10.8. The van der Waals surface area contributed by atoms with Gasteiger partial charge in [0.2, 0.25) is 0 Å². The van der Waals surface area contributed by atoms with E-state index in [0.29, 0.717) is 15.6 Å². The zero-order valence-corrected chi connectivity index (χ0v) is 12.3. The fraction of sp³-hybridized carbons (Fsp3) is 0.385. The van der Waals surface area contributed by atoms with Crippen LogP contribution in [0.5, 0.6) is 0 Å². The largest absolute Gasteiger partial charge is 0.392 e. The van der Waals surface area contributed by atoms with Crippen LogP contribution in [0.25, 0.3) is 0 Å². The lowest BCUT2D eigenvalue weighted by Crippen LogP contribution is -2.42. The lowest BCUT2D eigenvalue weighted by Gasteiger charge is -2.26. The molecule has 0 radical (unpaired) electrons. The highest BCUT2D eigenvalue weighted by Crippen LogP contribution is 2.17. The molecule has 0 atom stereocenters. The standard InChI is InChI=1S/C13H17ClN2OS/c1-8(2)16(7-12(15)18)13(17)10-4-9(3)5-11(14)6-10/h4-6,8H,7H2,1-3H3,(H2,15,18). The van der Waals surface area contributed by atoms with Gasteiger partial charge in [0.1, 0.15) is 0 Å². The van der Waals surface area contributed by atoms with Crippen LogP contribution in [0.15, 0.2) is 18.2 Å². The van der Waals surface area contributed by atoms with Crippen LogP contribution in [0.2, 0.25) is 5.02 Å². The third kappa shape index (κ3) is 3.96.